The van der Waals surface area contributed by atoms with Gasteiger partial charge >= 0.3 is 5.97 Å². The fourth-order valence-corrected chi connectivity index (χ4v) is 2.99. The van der Waals surface area contributed by atoms with Crippen LogP contribution in [0.2, 0.25) is 0 Å². The molecule has 0 atom stereocenters. The fraction of sp³-hybridized carbons (Fsp3) is 0.423. The maximum atomic E-state index is 10.9. The topological polar surface area (TPSA) is 60.2 Å². The molecule has 0 aliphatic rings. The summed E-state index contributed by atoms with van der Waals surface area (Å²) in [6, 6.07) is 16.0. The van der Waals surface area contributed by atoms with Crippen molar-refractivity contribution in [3.8, 4) is 5.75 Å². The van der Waals surface area contributed by atoms with E-state index in [2.05, 4.69) is 35.9 Å². The highest BCUT2D eigenvalue weighted by Crippen LogP contribution is 2.22. The number of nitrogens with zero attached hydrogens (tertiary/aromatic N) is 2. The highest BCUT2D eigenvalue weighted by molar-refractivity contribution is 5.81. The first-order valence-corrected chi connectivity index (χ1v) is 11.2. The summed E-state index contributed by atoms with van der Waals surface area (Å²) in [5, 5.41) is 8.61. The normalized spacial score (nSPS) is 10.9. The summed E-state index contributed by atoms with van der Waals surface area (Å²) < 4.78 is 10.7. The zero-order valence-corrected chi connectivity index (χ0v) is 18.6. The first-order chi connectivity index (χ1) is 15.2. The van der Waals surface area contributed by atoms with Gasteiger partial charge in [-0.25, -0.2) is 4.79 Å². The van der Waals surface area contributed by atoms with Crippen LogP contribution < -0.4 is 4.74 Å². The molecule has 2 rings (SSSR count). The van der Waals surface area contributed by atoms with Gasteiger partial charge in [0.15, 0.2) is 0 Å². The lowest BCUT2D eigenvalue weighted by Crippen LogP contribution is -2.01. The second-order valence-electron chi connectivity index (χ2n) is 7.45. The van der Waals surface area contributed by atoms with Crippen molar-refractivity contribution in [1.29, 1.82) is 0 Å². The van der Waals surface area contributed by atoms with Crippen molar-refractivity contribution in [2.75, 3.05) is 13.2 Å². The molecule has 2 aromatic carbocycles. The number of carbonyl (C=O) groups excluding carboxylic acids is 1. The molecule has 0 aliphatic heterocycles. The third-order valence-electron chi connectivity index (χ3n) is 4.84. The van der Waals surface area contributed by atoms with Crippen molar-refractivity contribution in [2.45, 2.75) is 58.3 Å². The van der Waals surface area contributed by atoms with Crippen LogP contribution in [0.5, 0.6) is 5.75 Å². The van der Waals surface area contributed by atoms with Crippen LogP contribution >= 0.6 is 0 Å². The van der Waals surface area contributed by atoms with Crippen LogP contribution in [0, 0.1) is 0 Å². The molecule has 0 radical (unpaired) electrons. The van der Waals surface area contributed by atoms with Gasteiger partial charge in [-0.05, 0) is 67.6 Å². The van der Waals surface area contributed by atoms with Gasteiger partial charge in [-0.2, -0.15) is 10.2 Å². The predicted octanol–water partition coefficient (Wildman–Crippen LogP) is 7.50. The van der Waals surface area contributed by atoms with Gasteiger partial charge < -0.3 is 9.47 Å². The zero-order chi connectivity index (χ0) is 22.2. The summed E-state index contributed by atoms with van der Waals surface area (Å²) in [6.07, 6.45) is 9.87. The number of azo groups is 1. The van der Waals surface area contributed by atoms with E-state index in [0.717, 1.165) is 55.6 Å². The maximum absolute atomic E-state index is 10.9. The van der Waals surface area contributed by atoms with E-state index >= 15 is 0 Å². The van der Waals surface area contributed by atoms with E-state index in [4.69, 9.17) is 9.47 Å². The Morgan fingerprint density at radius 3 is 2.03 bits per heavy atom. The lowest BCUT2D eigenvalue weighted by molar-refractivity contribution is -0.137. The number of hydrogen-bond donors (Lipinski definition) is 0. The highest BCUT2D eigenvalue weighted by Gasteiger charge is 1.98. The Kier molecular flexibility index (Phi) is 11.7. The largest absolute Gasteiger partial charge is 0.494 e. The second-order valence-corrected chi connectivity index (χ2v) is 7.45. The highest BCUT2D eigenvalue weighted by atomic mass is 16.5. The van der Waals surface area contributed by atoms with Crippen molar-refractivity contribution in [1.82, 2.24) is 0 Å². The third kappa shape index (κ3) is 10.6. The molecule has 0 unspecified atom stereocenters. The lowest BCUT2D eigenvalue weighted by Gasteiger charge is -2.06. The van der Waals surface area contributed by atoms with Crippen LogP contribution in [0.3, 0.4) is 0 Å². The second kappa shape index (κ2) is 14.9. The van der Waals surface area contributed by atoms with E-state index in [1.165, 1.54) is 24.5 Å². The van der Waals surface area contributed by atoms with E-state index in [-0.39, 0.29) is 5.97 Å². The number of aryl methyl sites for hydroxylation is 1. The molecule has 0 heterocycles. The van der Waals surface area contributed by atoms with Gasteiger partial charge in [0.05, 0.1) is 24.6 Å². The summed E-state index contributed by atoms with van der Waals surface area (Å²) in [6.45, 7) is 6.74. The number of unbranched alkanes of at least 4 members (excludes halogenated alkanes) is 5. The lowest BCUT2D eigenvalue weighted by atomic mass is 10.1. The maximum Gasteiger partial charge on any atom is 0.330 e. The monoisotopic (exact) mass is 422 g/mol. The van der Waals surface area contributed by atoms with Gasteiger partial charge in [-0.1, -0.05) is 51.3 Å². The van der Waals surface area contributed by atoms with Crippen LogP contribution in [0.15, 0.2) is 71.4 Å². The molecular formula is C26H34N2O3. The molecule has 0 aliphatic carbocycles. The molecule has 0 amide bonds. The van der Waals surface area contributed by atoms with Crippen molar-refractivity contribution in [2.24, 2.45) is 10.2 Å². The van der Waals surface area contributed by atoms with Crippen molar-refractivity contribution in [3.63, 3.8) is 0 Å². The van der Waals surface area contributed by atoms with E-state index in [1.807, 2.05) is 36.4 Å². The first kappa shape index (κ1) is 24.3. The molecule has 0 spiro atoms. The van der Waals surface area contributed by atoms with Crippen molar-refractivity contribution in [3.05, 3.63) is 66.7 Å². The first-order valence-electron chi connectivity index (χ1n) is 11.2. The van der Waals surface area contributed by atoms with E-state index in [9.17, 15) is 4.79 Å². The van der Waals surface area contributed by atoms with Gasteiger partial charge in [0, 0.05) is 6.08 Å². The molecule has 0 bridgehead atoms. The van der Waals surface area contributed by atoms with Crippen molar-refractivity contribution < 1.29 is 14.3 Å². The van der Waals surface area contributed by atoms with Gasteiger partial charge in [0.1, 0.15) is 5.75 Å². The predicted molar refractivity (Wildman–Crippen MR) is 125 cm³/mol. The molecule has 0 N–H and O–H groups in total. The summed E-state index contributed by atoms with van der Waals surface area (Å²) >= 11 is 0. The molecule has 0 fully saturated rings. The van der Waals surface area contributed by atoms with E-state index in [0.29, 0.717) is 13.2 Å². The zero-order valence-electron chi connectivity index (χ0n) is 18.6. The Balaban J connectivity index is 1.60. The SMILES string of the molecule is C=CC(=O)OCCCCCCCOc1ccc(N=Nc2ccc(CCCC)cc2)cc1. The Morgan fingerprint density at radius 2 is 1.42 bits per heavy atom. The quantitative estimate of drug-likeness (QED) is 0.129. The summed E-state index contributed by atoms with van der Waals surface area (Å²) in [4.78, 5) is 10.9. The number of esters is 1. The van der Waals surface area contributed by atoms with Gasteiger partial charge in [-0.3, -0.25) is 0 Å². The van der Waals surface area contributed by atoms with Crippen LogP contribution in [-0.2, 0) is 16.0 Å². The number of hydrogen-bond acceptors (Lipinski definition) is 5. The Labute approximate surface area is 186 Å². The summed E-state index contributed by atoms with van der Waals surface area (Å²) in [7, 11) is 0. The van der Waals surface area contributed by atoms with Crippen molar-refractivity contribution >= 4 is 17.3 Å². The van der Waals surface area contributed by atoms with E-state index in [1.54, 1.807) is 0 Å². The van der Waals surface area contributed by atoms with Gasteiger partial charge in [0.2, 0.25) is 0 Å². The van der Waals surface area contributed by atoms with Crippen LogP contribution in [0.25, 0.3) is 0 Å². The minimum Gasteiger partial charge on any atom is -0.494 e. The molecule has 31 heavy (non-hydrogen) atoms. The van der Waals surface area contributed by atoms with Crippen LogP contribution in [-0.4, -0.2) is 19.2 Å². The molecule has 0 saturated carbocycles. The minimum atomic E-state index is -0.350. The Morgan fingerprint density at radius 1 is 0.839 bits per heavy atom. The smallest absolute Gasteiger partial charge is 0.330 e. The Hall–Kier alpha value is -2.95. The molecular weight excluding hydrogens is 388 g/mol. The number of carbonyl (C=O) groups is 1. The molecule has 0 aromatic heterocycles. The molecule has 166 valence electrons. The standard InChI is InChI=1S/C26H34N2O3/c1-3-5-11-22-12-14-23(15-13-22)27-28-24-16-18-25(19-17-24)30-20-9-7-6-8-10-21-31-26(29)4-2/h4,12-19H,2-3,5-11,20-21H2,1H3. The number of rotatable bonds is 15. The van der Waals surface area contributed by atoms with Crippen LogP contribution in [0.1, 0.15) is 57.4 Å². The molecule has 2 aromatic rings. The van der Waals surface area contributed by atoms with Gasteiger partial charge in [-0.15, -0.1) is 0 Å². The minimum absolute atomic E-state index is 0.350. The van der Waals surface area contributed by atoms with Crippen LogP contribution in [0.4, 0.5) is 11.4 Å². The average molecular weight is 423 g/mol. The summed E-state index contributed by atoms with van der Waals surface area (Å²) in [5.41, 5.74) is 3.01. The number of ether oxygens (including phenoxy) is 2. The number of benzene rings is 2. The average Bonchev–Trinajstić information content (AvgIpc) is 2.81. The fourth-order valence-electron chi connectivity index (χ4n) is 2.99. The Bertz CT molecular complexity index is 798. The molecule has 5 nitrogen and oxygen atoms in total. The molecule has 0 saturated heterocycles. The molecule has 5 heteroatoms. The third-order valence-corrected chi connectivity index (χ3v) is 4.84. The van der Waals surface area contributed by atoms with Gasteiger partial charge in [0.25, 0.3) is 0 Å². The van der Waals surface area contributed by atoms with E-state index < -0.39 is 0 Å². The summed E-state index contributed by atoms with van der Waals surface area (Å²) in [5.74, 6) is 0.493.